The van der Waals surface area contributed by atoms with Crippen LogP contribution in [0.3, 0.4) is 0 Å². The SMILES string of the molecule is [N-]=[N+]=NC1C[C@@H](N=[N+]=[N-])[C@H]2OC3(CCCCC3)OC2[C@@H]1O[C@H]1OC2COC3(CCCCC3)O[C@H]2[C@H](N=[N+]=[N-])C1N=[N+]=[N-]. The number of azide groups is 4. The van der Waals surface area contributed by atoms with Gasteiger partial charge in [0.1, 0.15) is 12.2 Å². The van der Waals surface area contributed by atoms with Gasteiger partial charge in [-0.05, 0) is 54.2 Å². The number of rotatable bonds is 6. The summed E-state index contributed by atoms with van der Waals surface area (Å²) in [5, 5.41) is 15.9. The smallest absolute Gasteiger partial charge is 0.169 e. The molecule has 0 aromatic carbocycles. The highest BCUT2D eigenvalue weighted by Crippen LogP contribution is 2.48. The van der Waals surface area contributed by atoms with E-state index in [1.807, 2.05) is 0 Å². The molecule has 3 aliphatic heterocycles. The van der Waals surface area contributed by atoms with E-state index in [1.54, 1.807) is 0 Å². The Labute approximate surface area is 240 Å². The van der Waals surface area contributed by atoms with Gasteiger partial charge in [0.15, 0.2) is 17.9 Å². The lowest BCUT2D eigenvalue weighted by Crippen LogP contribution is -2.66. The van der Waals surface area contributed by atoms with Crippen LogP contribution in [0.15, 0.2) is 20.5 Å². The Balaban J connectivity index is 1.31. The molecule has 0 aromatic rings. The van der Waals surface area contributed by atoms with Crippen molar-refractivity contribution in [3.8, 4) is 0 Å². The van der Waals surface area contributed by atoms with Crippen molar-refractivity contribution < 1.29 is 28.4 Å². The fraction of sp³-hybridized carbons (Fsp3) is 1.00. The lowest BCUT2D eigenvalue weighted by molar-refractivity contribution is -0.375. The van der Waals surface area contributed by atoms with Crippen LogP contribution >= 0.6 is 0 Å². The van der Waals surface area contributed by atoms with E-state index in [1.165, 1.54) is 0 Å². The van der Waals surface area contributed by atoms with Gasteiger partial charge in [-0.3, -0.25) is 0 Å². The van der Waals surface area contributed by atoms with Crippen LogP contribution in [0.5, 0.6) is 0 Å². The minimum atomic E-state index is -1.21. The highest BCUT2D eigenvalue weighted by Gasteiger charge is 2.60. The molecule has 3 aliphatic carbocycles. The molecule has 18 heteroatoms. The van der Waals surface area contributed by atoms with E-state index in [4.69, 9.17) is 28.4 Å². The van der Waals surface area contributed by atoms with E-state index < -0.39 is 72.6 Å². The molecule has 2 spiro atoms. The molecule has 0 radical (unpaired) electrons. The van der Waals surface area contributed by atoms with Gasteiger partial charge >= 0.3 is 0 Å². The number of hydrogen-bond acceptors (Lipinski definition) is 10. The first-order valence-electron chi connectivity index (χ1n) is 14.7. The van der Waals surface area contributed by atoms with Crippen molar-refractivity contribution in [3.05, 3.63) is 41.8 Å². The van der Waals surface area contributed by atoms with Crippen molar-refractivity contribution in [2.75, 3.05) is 6.61 Å². The van der Waals surface area contributed by atoms with Gasteiger partial charge in [0.25, 0.3) is 0 Å². The molecule has 6 rings (SSSR count). The van der Waals surface area contributed by atoms with E-state index >= 15 is 0 Å². The van der Waals surface area contributed by atoms with Gasteiger partial charge in [0.2, 0.25) is 0 Å². The summed E-state index contributed by atoms with van der Waals surface area (Å²) in [5.74, 6) is -1.66. The summed E-state index contributed by atoms with van der Waals surface area (Å²) >= 11 is 0. The van der Waals surface area contributed by atoms with Crippen LogP contribution < -0.4 is 0 Å². The second-order valence-electron chi connectivity index (χ2n) is 11.8. The molecular weight excluding hydrogens is 552 g/mol. The fourth-order valence-corrected chi connectivity index (χ4v) is 7.49. The minimum Gasteiger partial charge on any atom is -0.347 e. The average molecular weight is 587 g/mol. The average Bonchev–Trinajstić information content (AvgIpc) is 3.36. The summed E-state index contributed by atoms with van der Waals surface area (Å²) in [6.45, 7) is 0.170. The zero-order valence-corrected chi connectivity index (χ0v) is 23.1. The first-order chi connectivity index (χ1) is 20.5. The van der Waals surface area contributed by atoms with Crippen LogP contribution in [0.4, 0.5) is 0 Å². The fourth-order valence-electron chi connectivity index (χ4n) is 7.49. The maximum atomic E-state index is 9.50. The molecule has 6 fully saturated rings. The highest BCUT2D eigenvalue weighted by atomic mass is 16.8. The molecule has 0 aromatic heterocycles. The Bertz CT molecular complexity index is 1200. The summed E-state index contributed by atoms with van der Waals surface area (Å²) in [7, 11) is 0. The first kappa shape index (κ1) is 29.1. The second kappa shape index (κ2) is 12.3. The van der Waals surface area contributed by atoms with Crippen molar-refractivity contribution in [3.63, 3.8) is 0 Å². The normalized spacial score (nSPS) is 41.6. The monoisotopic (exact) mass is 586 g/mol. The number of hydrogen-bond donors (Lipinski definition) is 0. The van der Waals surface area contributed by atoms with Gasteiger partial charge in [0, 0.05) is 45.3 Å². The van der Waals surface area contributed by atoms with E-state index in [2.05, 4.69) is 40.1 Å². The van der Waals surface area contributed by atoms with Crippen LogP contribution in [-0.4, -0.2) is 79.2 Å². The van der Waals surface area contributed by atoms with Crippen molar-refractivity contribution in [1.29, 1.82) is 0 Å². The maximum absolute atomic E-state index is 9.50. The molecule has 0 amide bonds. The number of nitrogens with zero attached hydrogens (tertiary/aromatic N) is 12. The Morgan fingerprint density at radius 3 is 1.86 bits per heavy atom. The Morgan fingerprint density at radius 2 is 1.19 bits per heavy atom. The summed E-state index contributed by atoms with van der Waals surface area (Å²) in [6.07, 6.45) is 3.83. The van der Waals surface area contributed by atoms with Gasteiger partial charge in [-0.25, -0.2) is 0 Å². The zero-order chi connectivity index (χ0) is 29.2. The predicted octanol–water partition coefficient (Wildman–Crippen LogP) is 5.74. The van der Waals surface area contributed by atoms with Crippen molar-refractivity contribution in [2.45, 2.75) is 143 Å². The quantitative estimate of drug-likeness (QED) is 0.213. The first-order valence-corrected chi connectivity index (χ1v) is 14.7. The lowest BCUT2D eigenvalue weighted by atomic mass is 9.84. The summed E-state index contributed by atoms with van der Waals surface area (Å²) in [6, 6.07) is -3.51. The third-order valence-electron chi connectivity index (χ3n) is 9.38. The molecule has 226 valence electrons. The topological polar surface area (TPSA) is 250 Å². The standard InChI is InChI=1S/C24H34N12O6/c25-33-29-13-11-14(30-34-26)19-21(42-24(40-19)9-5-2-6-10-24)18(13)39-22-17(32-36-28)16(31-35-27)20-15(38-22)12-37-23(41-20)7-3-1-4-8-23/h13-22H,1-12H2/t13?,14-,15?,16-,17?,18-,19-,20-,21?,22-/m1/s1. The predicted molar refractivity (Wildman–Crippen MR) is 142 cm³/mol. The maximum Gasteiger partial charge on any atom is 0.169 e. The minimum absolute atomic E-state index is 0.152. The van der Waals surface area contributed by atoms with Crippen molar-refractivity contribution in [2.24, 2.45) is 20.5 Å². The second-order valence-corrected chi connectivity index (χ2v) is 11.8. The van der Waals surface area contributed by atoms with Gasteiger partial charge in [-0.1, -0.05) is 33.3 Å². The van der Waals surface area contributed by atoms with Crippen LogP contribution in [0.1, 0.15) is 70.6 Å². The third-order valence-corrected chi connectivity index (χ3v) is 9.38. The van der Waals surface area contributed by atoms with Gasteiger partial charge < -0.3 is 28.4 Å². The molecule has 0 N–H and O–H groups in total. The van der Waals surface area contributed by atoms with E-state index in [9.17, 15) is 22.1 Å². The van der Waals surface area contributed by atoms with Crippen LogP contribution in [0.2, 0.25) is 0 Å². The summed E-state index contributed by atoms with van der Waals surface area (Å²) in [5.41, 5.74) is 37.6. The number of fused-ring (bicyclic) bond motifs is 2. The molecule has 18 nitrogen and oxygen atoms in total. The van der Waals surface area contributed by atoms with Crippen LogP contribution in [0, 0.1) is 0 Å². The van der Waals surface area contributed by atoms with E-state index in [-0.39, 0.29) is 13.0 Å². The van der Waals surface area contributed by atoms with Crippen molar-refractivity contribution >= 4 is 0 Å². The third kappa shape index (κ3) is 5.43. The molecule has 4 unspecified atom stereocenters. The molecular formula is C24H34N12O6. The van der Waals surface area contributed by atoms with Gasteiger partial charge in [0.05, 0.1) is 49.1 Å². The lowest BCUT2D eigenvalue weighted by Gasteiger charge is -2.52. The van der Waals surface area contributed by atoms with Crippen LogP contribution in [-0.2, 0) is 28.4 Å². The molecule has 3 heterocycles. The van der Waals surface area contributed by atoms with E-state index in [0.717, 1.165) is 38.5 Å². The summed E-state index contributed by atoms with van der Waals surface area (Å²) in [4.78, 5) is 12.0. The Morgan fingerprint density at radius 1 is 0.619 bits per heavy atom. The van der Waals surface area contributed by atoms with Gasteiger partial charge in [-0.15, -0.1) is 0 Å². The van der Waals surface area contributed by atoms with Crippen LogP contribution in [0.25, 0.3) is 41.8 Å². The molecule has 0 bridgehead atoms. The highest BCUT2D eigenvalue weighted by molar-refractivity contribution is 5.08. The molecule has 10 atom stereocenters. The molecule has 3 saturated carbocycles. The summed E-state index contributed by atoms with van der Waals surface area (Å²) < 4.78 is 38.5. The molecule has 3 saturated heterocycles. The van der Waals surface area contributed by atoms with Crippen molar-refractivity contribution in [1.82, 2.24) is 0 Å². The number of ether oxygens (including phenoxy) is 6. The van der Waals surface area contributed by atoms with E-state index in [0.29, 0.717) is 25.7 Å². The Kier molecular flexibility index (Phi) is 8.53. The zero-order valence-electron chi connectivity index (χ0n) is 23.1. The molecule has 6 aliphatic rings. The van der Waals surface area contributed by atoms with Gasteiger partial charge in [-0.2, -0.15) is 0 Å². The molecule has 42 heavy (non-hydrogen) atoms. The largest absolute Gasteiger partial charge is 0.347 e. The Hall–Kier alpha value is -3.00.